The van der Waals surface area contributed by atoms with E-state index in [1.165, 1.54) is 25.3 Å². The van der Waals surface area contributed by atoms with Crippen molar-refractivity contribution in [3.63, 3.8) is 0 Å². The van der Waals surface area contributed by atoms with Crippen LogP contribution >= 0.6 is 31.9 Å². The molecular weight excluding hydrogens is 609 g/mol. The maximum Gasteiger partial charge on any atom is 0.416 e. The number of hydrogen-bond donors (Lipinski definition) is 1. The Kier molecular flexibility index (Phi) is 8.51. The molecule has 0 bridgehead atoms. The first-order valence-electron chi connectivity index (χ1n) is 10.6. The van der Waals surface area contributed by atoms with Crippen molar-refractivity contribution in [1.29, 1.82) is 0 Å². The fourth-order valence-corrected chi connectivity index (χ4v) is 5.00. The predicted molar refractivity (Wildman–Crippen MR) is 135 cm³/mol. The van der Waals surface area contributed by atoms with Gasteiger partial charge in [-0.25, -0.2) is 0 Å². The minimum Gasteiger partial charge on any atom is -0.496 e. The zero-order chi connectivity index (χ0) is 26.8. The summed E-state index contributed by atoms with van der Waals surface area (Å²) < 4.78 is 52.2. The number of benzene rings is 3. The third-order valence-corrected chi connectivity index (χ3v) is 6.45. The van der Waals surface area contributed by atoms with Gasteiger partial charge in [-0.15, -0.1) is 0 Å². The smallest absolute Gasteiger partial charge is 0.416 e. The van der Waals surface area contributed by atoms with E-state index in [4.69, 9.17) is 14.6 Å². The summed E-state index contributed by atoms with van der Waals surface area (Å²) in [6.45, 7) is 3.84. The van der Waals surface area contributed by atoms with E-state index >= 15 is 0 Å². The maximum atomic E-state index is 13.4. The van der Waals surface area contributed by atoms with Gasteiger partial charge in [0, 0.05) is 11.1 Å². The van der Waals surface area contributed by atoms with Gasteiger partial charge in [-0.2, -0.15) is 13.2 Å². The maximum absolute atomic E-state index is 13.4. The second-order valence-corrected chi connectivity index (χ2v) is 9.92. The highest BCUT2D eigenvalue weighted by Gasteiger charge is 2.31. The van der Waals surface area contributed by atoms with E-state index in [-0.39, 0.29) is 35.0 Å². The zero-order valence-corrected chi connectivity index (χ0v) is 22.5. The molecule has 0 saturated heterocycles. The van der Waals surface area contributed by atoms with Crippen molar-refractivity contribution >= 4 is 43.6 Å². The Morgan fingerprint density at radius 3 is 2.17 bits per heavy atom. The largest absolute Gasteiger partial charge is 0.496 e. The van der Waals surface area contributed by atoms with Crippen LogP contribution < -0.4 is 9.47 Å². The molecule has 3 aromatic rings. The second-order valence-electron chi connectivity index (χ2n) is 8.21. The molecule has 0 heterocycles. The molecule has 0 atom stereocenters. The van der Waals surface area contributed by atoms with Gasteiger partial charge in [0.2, 0.25) is 0 Å². The number of ketones is 1. The number of carboxylic acid groups (broad SMARTS) is 1. The summed E-state index contributed by atoms with van der Waals surface area (Å²) in [5, 5.41) is 9.08. The van der Waals surface area contributed by atoms with Gasteiger partial charge < -0.3 is 14.6 Å². The number of carbonyl (C=O) groups is 2. The van der Waals surface area contributed by atoms with Gasteiger partial charge in [-0.1, -0.05) is 26.0 Å². The van der Waals surface area contributed by atoms with Crippen molar-refractivity contribution in [2.24, 2.45) is 0 Å². The molecule has 10 heteroatoms. The van der Waals surface area contributed by atoms with Crippen molar-refractivity contribution in [1.82, 2.24) is 0 Å². The fraction of sp³-hybridized carbons (Fsp3) is 0.231. The van der Waals surface area contributed by atoms with Crippen molar-refractivity contribution in [2.45, 2.75) is 32.4 Å². The molecule has 0 aromatic heterocycles. The van der Waals surface area contributed by atoms with Crippen molar-refractivity contribution < 1.29 is 37.3 Å². The lowest BCUT2D eigenvalue weighted by molar-refractivity contribution is -0.138. The molecular formula is C26H21Br2F3O5. The zero-order valence-electron chi connectivity index (χ0n) is 19.4. The molecule has 0 aliphatic carbocycles. The Hall–Kier alpha value is -2.85. The quantitative estimate of drug-likeness (QED) is 0.256. The number of hydrogen-bond acceptors (Lipinski definition) is 4. The van der Waals surface area contributed by atoms with Crippen LogP contribution in [0.1, 0.15) is 52.4 Å². The van der Waals surface area contributed by atoms with E-state index in [1.807, 2.05) is 13.8 Å². The van der Waals surface area contributed by atoms with Crippen LogP contribution in [0.5, 0.6) is 17.2 Å². The number of rotatable bonds is 8. The monoisotopic (exact) mass is 628 g/mol. The molecule has 0 aliphatic heterocycles. The number of aliphatic carboxylic acids is 1. The molecule has 0 fully saturated rings. The van der Waals surface area contributed by atoms with Crippen molar-refractivity contribution in [2.75, 3.05) is 7.11 Å². The van der Waals surface area contributed by atoms with E-state index in [0.29, 0.717) is 20.3 Å². The van der Waals surface area contributed by atoms with Gasteiger partial charge in [0.1, 0.15) is 11.5 Å². The number of carbonyl (C=O) groups excluding carboxylic acids is 1. The SMILES string of the molecule is COc1cc(C(=O)c2cccc(C(F)(F)F)c2)c(Oc2c(Br)cc(CC(=O)O)cc2Br)cc1C(C)C. The van der Waals surface area contributed by atoms with Crippen LogP contribution in [0.25, 0.3) is 0 Å². The molecule has 0 saturated carbocycles. The molecule has 0 aliphatic rings. The molecule has 190 valence electrons. The van der Waals surface area contributed by atoms with Gasteiger partial charge in [0.25, 0.3) is 0 Å². The van der Waals surface area contributed by atoms with E-state index in [1.54, 1.807) is 18.2 Å². The van der Waals surface area contributed by atoms with Gasteiger partial charge >= 0.3 is 12.1 Å². The third-order valence-electron chi connectivity index (χ3n) is 5.28. The van der Waals surface area contributed by atoms with Gasteiger partial charge in [-0.05, 0) is 79.7 Å². The molecule has 5 nitrogen and oxygen atoms in total. The fourth-order valence-electron chi connectivity index (χ4n) is 3.55. The van der Waals surface area contributed by atoms with Crippen LogP contribution in [-0.4, -0.2) is 24.0 Å². The second kappa shape index (κ2) is 11.0. The summed E-state index contributed by atoms with van der Waals surface area (Å²) in [6, 6.07) is 10.4. The number of alkyl halides is 3. The first-order chi connectivity index (χ1) is 16.8. The summed E-state index contributed by atoms with van der Waals surface area (Å²) in [5.41, 5.74) is 0.128. The highest BCUT2D eigenvalue weighted by Crippen LogP contribution is 2.42. The topological polar surface area (TPSA) is 72.8 Å². The van der Waals surface area contributed by atoms with Gasteiger partial charge in [-0.3, -0.25) is 9.59 Å². The lowest BCUT2D eigenvalue weighted by Gasteiger charge is -2.19. The number of ether oxygens (including phenoxy) is 2. The Bertz CT molecular complexity index is 1300. The van der Waals surface area contributed by atoms with Crippen LogP contribution in [0.15, 0.2) is 57.5 Å². The number of methoxy groups -OCH3 is 1. The minimum atomic E-state index is -4.61. The van der Waals surface area contributed by atoms with Crippen LogP contribution in [0.4, 0.5) is 13.2 Å². The van der Waals surface area contributed by atoms with Crippen LogP contribution in [-0.2, 0) is 17.4 Å². The van der Waals surface area contributed by atoms with Crippen LogP contribution in [0.3, 0.4) is 0 Å². The summed E-state index contributed by atoms with van der Waals surface area (Å²) in [6.07, 6.45) is -4.82. The molecule has 36 heavy (non-hydrogen) atoms. The third kappa shape index (κ3) is 6.28. The van der Waals surface area contributed by atoms with Crippen molar-refractivity contribution in [3.05, 3.63) is 85.3 Å². The first kappa shape index (κ1) is 27.7. The highest BCUT2D eigenvalue weighted by molar-refractivity contribution is 9.11. The molecule has 1 N–H and O–H groups in total. The average Bonchev–Trinajstić information content (AvgIpc) is 2.79. The first-order valence-corrected chi connectivity index (χ1v) is 12.2. The molecule has 0 unspecified atom stereocenters. The molecule has 0 spiro atoms. The summed E-state index contributed by atoms with van der Waals surface area (Å²) in [7, 11) is 1.44. The Morgan fingerprint density at radius 1 is 1.00 bits per heavy atom. The lowest BCUT2D eigenvalue weighted by Crippen LogP contribution is -2.10. The normalized spacial score (nSPS) is 11.5. The van der Waals surface area contributed by atoms with Crippen molar-refractivity contribution in [3.8, 4) is 17.2 Å². The molecule has 0 radical (unpaired) electrons. The van der Waals surface area contributed by atoms with Crippen LogP contribution in [0.2, 0.25) is 0 Å². The molecule has 3 aromatic carbocycles. The average molecular weight is 630 g/mol. The van der Waals surface area contributed by atoms with E-state index in [2.05, 4.69) is 31.9 Å². The Labute approximate surface area is 222 Å². The van der Waals surface area contributed by atoms with Gasteiger partial charge in [0.05, 0.1) is 33.6 Å². The standard InChI is InChI=1S/C26H21Br2F3O5/c1-13(2)17-11-22(36-25-19(27)7-14(8-20(25)28)9-23(32)33)18(12-21(17)35-3)24(34)15-5-4-6-16(10-15)26(29,30)31/h4-8,10-13H,9H2,1-3H3,(H,32,33). The summed E-state index contributed by atoms with van der Waals surface area (Å²) in [5.74, 6) is -0.948. The summed E-state index contributed by atoms with van der Waals surface area (Å²) >= 11 is 6.75. The number of carboxylic acids is 1. The molecule has 0 amide bonds. The van der Waals surface area contributed by atoms with E-state index < -0.39 is 23.5 Å². The summed E-state index contributed by atoms with van der Waals surface area (Å²) in [4.78, 5) is 24.5. The Morgan fingerprint density at radius 2 is 1.64 bits per heavy atom. The highest BCUT2D eigenvalue weighted by atomic mass is 79.9. The lowest BCUT2D eigenvalue weighted by atomic mass is 9.95. The van der Waals surface area contributed by atoms with Crippen LogP contribution in [0, 0.1) is 0 Å². The number of halogens is 5. The molecule has 3 rings (SSSR count). The van der Waals surface area contributed by atoms with Gasteiger partial charge in [0.15, 0.2) is 11.5 Å². The minimum absolute atomic E-state index is 0.00369. The Balaban J connectivity index is 2.16. The van der Waals surface area contributed by atoms with E-state index in [0.717, 1.165) is 17.7 Å². The predicted octanol–water partition coefficient (Wildman–Crippen LogP) is 8.01. The van der Waals surface area contributed by atoms with E-state index in [9.17, 15) is 22.8 Å².